The van der Waals surface area contributed by atoms with Crippen LogP contribution in [0.4, 0.5) is 0 Å². The second kappa shape index (κ2) is 11.4. The van der Waals surface area contributed by atoms with Crippen LogP contribution in [-0.4, -0.2) is 25.9 Å². The van der Waals surface area contributed by atoms with E-state index in [1.807, 2.05) is 30.3 Å². The van der Waals surface area contributed by atoms with Gasteiger partial charge in [0.25, 0.3) is 0 Å². The summed E-state index contributed by atoms with van der Waals surface area (Å²) in [6.45, 7) is 3.58. The molecule has 0 unspecified atom stereocenters. The molecule has 0 aliphatic rings. The molecular formula is C20H17Na2O6PS2. The topological polar surface area (TPSA) is 114 Å². The van der Waals surface area contributed by atoms with Gasteiger partial charge >= 0.3 is 59.1 Å². The first-order valence-corrected chi connectivity index (χ1v) is 12.6. The minimum atomic E-state index is -4.67. The van der Waals surface area contributed by atoms with Crippen LogP contribution < -0.4 is 75.0 Å². The molecule has 3 aromatic carbocycles. The van der Waals surface area contributed by atoms with Gasteiger partial charge in [-0.05, 0) is 73.1 Å². The van der Waals surface area contributed by atoms with Crippen molar-refractivity contribution in [2.24, 2.45) is 0 Å². The molecule has 0 aliphatic heterocycles. The first-order valence-electron chi connectivity index (χ1n) is 8.47. The summed E-state index contributed by atoms with van der Waals surface area (Å²) >= 11 is 0. The van der Waals surface area contributed by atoms with Gasteiger partial charge in [-0.2, -0.15) is 0 Å². The Labute approximate surface area is 228 Å². The Hall–Kier alpha value is -0.0900. The van der Waals surface area contributed by atoms with Gasteiger partial charge in [0.2, 0.25) is 0 Å². The smallest absolute Gasteiger partial charge is 0.744 e. The fourth-order valence-electron chi connectivity index (χ4n) is 2.96. The number of hydrogen-bond donors (Lipinski definition) is 0. The van der Waals surface area contributed by atoms with Crippen molar-refractivity contribution in [1.29, 1.82) is 0 Å². The first-order chi connectivity index (χ1) is 13.5. The van der Waals surface area contributed by atoms with Crippen LogP contribution in [0.1, 0.15) is 11.1 Å². The van der Waals surface area contributed by atoms with E-state index in [0.29, 0.717) is 10.6 Å². The number of rotatable bonds is 5. The Morgan fingerprint density at radius 3 is 1.39 bits per heavy atom. The molecule has 0 aliphatic carbocycles. The average Bonchev–Trinajstić information content (AvgIpc) is 2.64. The van der Waals surface area contributed by atoms with Crippen molar-refractivity contribution in [1.82, 2.24) is 0 Å². The summed E-state index contributed by atoms with van der Waals surface area (Å²) in [5, 5.41) is 2.04. The van der Waals surface area contributed by atoms with Gasteiger partial charge in [-0.1, -0.05) is 42.5 Å². The summed E-state index contributed by atoms with van der Waals surface area (Å²) < 4.78 is 69.5. The van der Waals surface area contributed by atoms with E-state index in [4.69, 9.17) is 0 Å². The van der Waals surface area contributed by atoms with E-state index in [2.05, 4.69) is 0 Å². The molecule has 3 aromatic rings. The van der Waals surface area contributed by atoms with Crippen molar-refractivity contribution < 1.29 is 85.1 Å². The Kier molecular flexibility index (Phi) is 10.6. The van der Waals surface area contributed by atoms with Crippen molar-refractivity contribution in [3.05, 3.63) is 77.9 Å². The zero-order chi connectivity index (χ0) is 21.4. The van der Waals surface area contributed by atoms with Crippen LogP contribution in [0, 0.1) is 13.8 Å². The molecule has 0 bridgehead atoms. The maximum absolute atomic E-state index is 11.6. The third kappa shape index (κ3) is 6.95. The van der Waals surface area contributed by atoms with E-state index in [1.165, 1.54) is 24.3 Å². The largest absolute Gasteiger partial charge is 1.00 e. The average molecular weight is 494 g/mol. The Morgan fingerprint density at radius 1 is 0.645 bits per heavy atom. The van der Waals surface area contributed by atoms with Gasteiger partial charge in [-0.15, -0.1) is 0 Å². The first kappa shape index (κ1) is 28.9. The Balaban J connectivity index is 0.00000240. The van der Waals surface area contributed by atoms with Crippen LogP contribution in [0.5, 0.6) is 0 Å². The Bertz CT molecular complexity index is 1200. The third-order valence-electron chi connectivity index (χ3n) is 4.43. The van der Waals surface area contributed by atoms with Gasteiger partial charge < -0.3 is 9.11 Å². The fraction of sp³-hybridized carbons (Fsp3) is 0.100. The van der Waals surface area contributed by atoms with Crippen LogP contribution in [-0.2, 0) is 20.2 Å². The SMILES string of the molecule is Cc1ccc(S(=O)(=O)[O-])cc1P(c1ccccc1)c1cc(S(=O)(=O)[O-])ccc1C.[Na+].[Na+]. The van der Waals surface area contributed by atoms with Gasteiger partial charge in [0.15, 0.2) is 0 Å². The molecule has 0 aromatic heterocycles. The molecule has 3 rings (SSSR count). The molecule has 0 atom stereocenters. The van der Waals surface area contributed by atoms with Crippen LogP contribution in [0.3, 0.4) is 0 Å². The molecule has 0 fully saturated rings. The van der Waals surface area contributed by atoms with Crippen molar-refractivity contribution in [2.75, 3.05) is 0 Å². The second-order valence-electron chi connectivity index (χ2n) is 6.48. The summed E-state index contributed by atoms with van der Waals surface area (Å²) in [6, 6.07) is 17.5. The van der Waals surface area contributed by atoms with E-state index >= 15 is 0 Å². The molecule has 0 heterocycles. The van der Waals surface area contributed by atoms with Gasteiger partial charge in [0, 0.05) is 0 Å². The second-order valence-corrected chi connectivity index (χ2v) is 11.4. The fourth-order valence-corrected chi connectivity index (χ4v) is 6.80. The van der Waals surface area contributed by atoms with E-state index < -0.39 is 28.2 Å². The number of benzene rings is 3. The summed E-state index contributed by atoms with van der Waals surface area (Å²) in [5.41, 5.74) is 1.50. The zero-order valence-electron chi connectivity index (χ0n) is 17.6. The predicted molar refractivity (Wildman–Crippen MR) is 111 cm³/mol. The minimum absolute atomic E-state index is 0. The van der Waals surface area contributed by atoms with Gasteiger partial charge in [0.1, 0.15) is 20.2 Å². The predicted octanol–water partition coefficient (Wildman–Crippen LogP) is -4.12. The summed E-state index contributed by atoms with van der Waals surface area (Å²) in [5.74, 6) is 0. The molecule has 31 heavy (non-hydrogen) atoms. The number of hydrogen-bond acceptors (Lipinski definition) is 6. The zero-order valence-corrected chi connectivity index (χ0v) is 24.1. The van der Waals surface area contributed by atoms with Gasteiger partial charge in [-0.3, -0.25) is 0 Å². The van der Waals surface area contributed by atoms with Crippen LogP contribution in [0.25, 0.3) is 0 Å². The quantitative estimate of drug-likeness (QED) is 0.202. The van der Waals surface area contributed by atoms with Crippen molar-refractivity contribution in [3.8, 4) is 0 Å². The molecule has 6 nitrogen and oxygen atoms in total. The van der Waals surface area contributed by atoms with Crippen LogP contribution in [0.15, 0.2) is 76.5 Å². The third-order valence-corrected chi connectivity index (χ3v) is 8.84. The van der Waals surface area contributed by atoms with E-state index in [0.717, 1.165) is 16.4 Å². The molecular weight excluding hydrogens is 477 g/mol. The van der Waals surface area contributed by atoms with Gasteiger partial charge in [-0.25, -0.2) is 16.8 Å². The molecule has 0 radical (unpaired) electrons. The van der Waals surface area contributed by atoms with Crippen LogP contribution >= 0.6 is 7.92 Å². The maximum atomic E-state index is 11.6. The standard InChI is InChI=1S/C20H19O6PS2.2Na/c1-14-8-10-17(28(21,22)23)12-19(14)27(16-6-4-3-5-7-16)20-13-18(29(24,25)26)11-9-15(20)2;;/h3-13H,1-2H3,(H,21,22,23)(H,24,25,26);;/q;2*+1/p-2. The molecule has 11 heteroatoms. The van der Waals surface area contributed by atoms with Crippen molar-refractivity contribution >= 4 is 44.1 Å². The molecule has 0 amide bonds. The molecule has 0 saturated heterocycles. The maximum Gasteiger partial charge on any atom is 1.00 e. The molecule has 0 spiro atoms. The molecule has 152 valence electrons. The monoisotopic (exact) mass is 494 g/mol. The van der Waals surface area contributed by atoms with Crippen molar-refractivity contribution in [2.45, 2.75) is 23.6 Å². The van der Waals surface area contributed by atoms with Crippen LogP contribution in [0.2, 0.25) is 0 Å². The molecule has 0 N–H and O–H groups in total. The van der Waals surface area contributed by atoms with E-state index in [1.54, 1.807) is 26.0 Å². The summed E-state index contributed by atoms with van der Waals surface area (Å²) in [6.07, 6.45) is 0. The van der Waals surface area contributed by atoms with E-state index in [-0.39, 0.29) is 68.9 Å². The van der Waals surface area contributed by atoms with E-state index in [9.17, 15) is 25.9 Å². The normalized spacial score (nSPS) is 11.5. The number of aryl methyl sites for hydroxylation is 2. The molecule has 0 saturated carbocycles. The summed E-state index contributed by atoms with van der Waals surface area (Å²) in [4.78, 5) is -0.710. The van der Waals surface area contributed by atoms with Crippen molar-refractivity contribution in [3.63, 3.8) is 0 Å². The minimum Gasteiger partial charge on any atom is -0.744 e. The van der Waals surface area contributed by atoms with Gasteiger partial charge in [0.05, 0.1) is 9.79 Å². The Morgan fingerprint density at radius 2 is 1.03 bits per heavy atom. The summed E-state index contributed by atoms with van der Waals surface area (Å²) in [7, 11) is -10.8.